The van der Waals surface area contributed by atoms with E-state index in [0.29, 0.717) is 19.3 Å². The summed E-state index contributed by atoms with van der Waals surface area (Å²) < 4.78 is 46.2. The highest BCUT2D eigenvalue weighted by Crippen LogP contribution is 2.40. The van der Waals surface area contributed by atoms with E-state index in [2.05, 4.69) is 21.3 Å². The van der Waals surface area contributed by atoms with Crippen LogP contribution < -0.4 is 36.5 Å². The number of ether oxygens (including phenoxy) is 3. The number of Topliss-reactive ketones (excluding diaryl/α,β-unsaturated/α-hetero) is 2. The van der Waals surface area contributed by atoms with Crippen LogP contribution in [0.5, 0.6) is 11.5 Å². The molecular weight excluding hydrogens is 784 g/mol. The molecule has 6 N–H and O–H groups in total. The van der Waals surface area contributed by atoms with Gasteiger partial charge in [0.15, 0.2) is 17.3 Å². The summed E-state index contributed by atoms with van der Waals surface area (Å²) in [5.41, 5.74) is 4.29. The second kappa shape index (κ2) is 21.2. The number of halogens is 2. The number of nitrogens with two attached hydrogens (primary N) is 1. The van der Waals surface area contributed by atoms with Crippen LogP contribution in [0.15, 0.2) is 36.4 Å². The number of primary amides is 1. The van der Waals surface area contributed by atoms with Crippen LogP contribution in [-0.4, -0.2) is 85.7 Å². The zero-order valence-electron chi connectivity index (χ0n) is 35.0. The zero-order chi connectivity index (χ0) is 44.3. The van der Waals surface area contributed by atoms with E-state index >= 15 is 0 Å². The van der Waals surface area contributed by atoms with Gasteiger partial charge in [0.1, 0.15) is 23.2 Å². The van der Waals surface area contributed by atoms with Crippen molar-refractivity contribution in [2.45, 2.75) is 115 Å². The summed E-state index contributed by atoms with van der Waals surface area (Å²) in [6, 6.07) is 3.76. The Balaban J connectivity index is 1.52. The predicted octanol–water partition coefficient (Wildman–Crippen LogP) is 3.75. The minimum Gasteiger partial charge on any atom is -0.493 e. The lowest BCUT2D eigenvalue weighted by molar-refractivity contribution is -0.141. The molecule has 6 atom stereocenters. The topological polar surface area (TPSA) is 221 Å². The molecular formula is C43H57F2N5O10. The van der Waals surface area contributed by atoms with Crippen molar-refractivity contribution in [3.63, 3.8) is 0 Å². The van der Waals surface area contributed by atoms with Crippen molar-refractivity contribution >= 4 is 41.1 Å². The van der Waals surface area contributed by atoms with Crippen molar-refractivity contribution in [2.24, 2.45) is 23.5 Å². The smallest absolute Gasteiger partial charge is 0.290 e. The van der Waals surface area contributed by atoms with Crippen LogP contribution in [0.3, 0.4) is 0 Å². The first kappa shape index (κ1) is 47.2. The lowest BCUT2D eigenvalue weighted by Crippen LogP contribution is -2.53. The molecule has 4 rings (SSSR count). The third-order valence-corrected chi connectivity index (χ3v) is 10.8. The predicted molar refractivity (Wildman–Crippen MR) is 215 cm³/mol. The van der Waals surface area contributed by atoms with Gasteiger partial charge in [-0.05, 0) is 77.0 Å². The van der Waals surface area contributed by atoms with E-state index in [1.807, 2.05) is 20.8 Å². The van der Waals surface area contributed by atoms with Crippen LogP contribution in [0.1, 0.15) is 107 Å². The maximum absolute atomic E-state index is 14.7. The minimum absolute atomic E-state index is 0.0335. The summed E-state index contributed by atoms with van der Waals surface area (Å²) in [6.07, 6.45) is 3.59. The summed E-state index contributed by atoms with van der Waals surface area (Å²) in [5, 5.41) is 9.93. The fourth-order valence-corrected chi connectivity index (χ4v) is 8.13. The molecule has 17 heteroatoms. The third-order valence-electron chi connectivity index (χ3n) is 10.8. The Morgan fingerprint density at radius 1 is 0.850 bits per heavy atom. The van der Waals surface area contributed by atoms with Crippen LogP contribution in [0.2, 0.25) is 0 Å². The second-order valence-corrected chi connectivity index (χ2v) is 16.3. The quantitative estimate of drug-likeness (QED) is 0.129. The number of carbonyl (C=O) groups is 7. The molecule has 0 saturated heterocycles. The number of hydrogen-bond donors (Lipinski definition) is 5. The Kier molecular flexibility index (Phi) is 16.7. The van der Waals surface area contributed by atoms with Crippen molar-refractivity contribution in [3.05, 3.63) is 59.2 Å². The molecule has 2 aliphatic carbocycles. The molecule has 0 radical (unpaired) electrons. The Hall–Kier alpha value is -5.45. The molecule has 15 nitrogen and oxygen atoms in total. The van der Waals surface area contributed by atoms with Crippen LogP contribution in [0.4, 0.5) is 8.78 Å². The van der Waals surface area contributed by atoms with E-state index in [-0.39, 0.29) is 42.2 Å². The Bertz CT molecular complexity index is 1890. The van der Waals surface area contributed by atoms with Crippen molar-refractivity contribution in [1.29, 1.82) is 0 Å². The summed E-state index contributed by atoms with van der Waals surface area (Å²) in [4.78, 5) is 94.2. The van der Waals surface area contributed by atoms with E-state index in [9.17, 15) is 42.3 Å². The molecule has 2 aromatic rings. The number of para-hydroxylation sites is 1. The van der Waals surface area contributed by atoms with E-state index in [1.165, 1.54) is 20.3 Å². The van der Waals surface area contributed by atoms with Gasteiger partial charge < -0.3 is 41.2 Å². The molecule has 2 saturated carbocycles. The molecule has 0 spiro atoms. The van der Waals surface area contributed by atoms with Gasteiger partial charge in [0.25, 0.3) is 11.8 Å². The summed E-state index contributed by atoms with van der Waals surface area (Å²) in [7, 11) is 2.73. The van der Waals surface area contributed by atoms with E-state index in [4.69, 9.17) is 19.9 Å². The first-order valence-corrected chi connectivity index (χ1v) is 20.3. The Morgan fingerprint density at radius 2 is 1.48 bits per heavy atom. The number of hydrogen-bond acceptors (Lipinski definition) is 10. The standard InChI is InChI=1S/C43H57F2N5O10/c1-7-13-30(37(53)42(57)47-22-32(51)49-35(39(46)54)25-16-11-19-31(58-5)38(25)59-6)48-40(55)27-21-24(60-43(2,3)4)20-26(27)36(52)34(23-14-9-8-10-15-23)50-41(56)33-28(44)17-12-18-29(33)45/h11-12,16-19,23-24,26-27,30,34-35H,7-10,13-15,20-22H2,1-6H3,(H2,46,54)(H,47,57)(H,48,55)(H,49,51)(H,50,56)/t24-,26?,27+,30?,34-,35?/m0/s1. The second-order valence-electron chi connectivity index (χ2n) is 16.3. The van der Waals surface area contributed by atoms with Crippen LogP contribution in [0.25, 0.3) is 0 Å². The highest BCUT2D eigenvalue weighted by molar-refractivity contribution is 6.38. The number of nitrogens with one attached hydrogen (secondary N) is 4. The van der Waals surface area contributed by atoms with Crippen LogP contribution in [-0.2, 0) is 33.5 Å². The monoisotopic (exact) mass is 841 g/mol. The van der Waals surface area contributed by atoms with Gasteiger partial charge in [-0.1, -0.05) is 50.8 Å². The van der Waals surface area contributed by atoms with Crippen molar-refractivity contribution < 1.29 is 56.6 Å². The van der Waals surface area contributed by atoms with Gasteiger partial charge in [-0.15, -0.1) is 0 Å². The van der Waals surface area contributed by atoms with Gasteiger partial charge in [-0.25, -0.2) is 8.78 Å². The maximum atomic E-state index is 14.7. The fourth-order valence-electron chi connectivity index (χ4n) is 8.13. The van der Waals surface area contributed by atoms with Crippen molar-refractivity contribution in [3.8, 4) is 11.5 Å². The van der Waals surface area contributed by atoms with Crippen LogP contribution in [0, 0.1) is 29.4 Å². The van der Waals surface area contributed by atoms with Gasteiger partial charge in [0.05, 0.1) is 50.5 Å². The number of methoxy groups -OCH3 is 2. The first-order valence-electron chi connectivity index (χ1n) is 20.3. The molecule has 0 aliphatic heterocycles. The minimum atomic E-state index is -1.39. The Morgan fingerprint density at radius 3 is 2.07 bits per heavy atom. The van der Waals surface area contributed by atoms with Gasteiger partial charge in [-0.3, -0.25) is 33.6 Å². The lowest BCUT2D eigenvalue weighted by Gasteiger charge is -2.33. The van der Waals surface area contributed by atoms with Crippen LogP contribution >= 0.6 is 0 Å². The molecule has 5 amide bonds. The highest BCUT2D eigenvalue weighted by Gasteiger charge is 2.48. The molecule has 2 aliphatic rings. The number of carbonyl (C=O) groups excluding carboxylic acids is 7. The molecule has 2 aromatic carbocycles. The normalized spacial score (nSPS) is 19.6. The largest absolute Gasteiger partial charge is 0.493 e. The van der Waals surface area contributed by atoms with E-state index < -0.39 is 107 Å². The van der Waals surface area contributed by atoms with Gasteiger partial charge >= 0.3 is 0 Å². The SMILES string of the molecule is CCCC(NC(=O)[C@@H]1C[C@@H](OC(C)(C)C)CC1C(=O)[C@@H](NC(=O)c1c(F)cccc1F)C1CCCCC1)C(=O)C(=O)NCC(=O)NC(C(N)=O)c1cccc(OC)c1OC. The third kappa shape index (κ3) is 12.1. The number of benzene rings is 2. The number of ketones is 2. The number of amides is 5. The molecule has 328 valence electrons. The van der Waals surface area contributed by atoms with Crippen molar-refractivity contribution in [2.75, 3.05) is 20.8 Å². The lowest BCUT2D eigenvalue weighted by atomic mass is 9.77. The first-order chi connectivity index (χ1) is 28.4. The average Bonchev–Trinajstić information content (AvgIpc) is 3.62. The summed E-state index contributed by atoms with van der Waals surface area (Å²) in [5.74, 6) is -10.5. The average molecular weight is 842 g/mol. The zero-order valence-corrected chi connectivity index (χ0v) is 35.0. The molecule has 0 bridgehead atoms. The van der Waals surface area contributed by atoms with Crippen molar-refractivity contribution in [1.82, 2.24) is 21.3 Å². The summed E-state index contributed by atoms with van der Waals surface area (Å²) in [6.45, 7) is 6.47. The van der Waals surface area contributed by atoms with Gasteiger partial charge in [-0.2, -0.15) is 0 Å². The van der Waals surface area contributed by atoms with E-state index in [1.54, 1.807) is 19.1 Å². The highest BCUT2D eigenvalue weighted by atomic mass is 19.1. The molecule has 0 heterocycles. The summed E-state index contributed by atoms with van der Waals surface area (Å²) >= 11 is 0. The number of rotatable bonds is 19. The Labute approximate surface area is 348 Å². The maximum Gasteiger partial charge on any atom is 0.290 e. The van der Waals surface area contributed by atoms with E-state index in [0.717, 1.165) is 37.5 Å². The fraction of sp³-hybridized carbons (Fsp3) is 0.558. The van der Waals surface area contributed by atoms with Gasteiger partial charge in [0, 0.05) is 11.5 Å². The molecule has 0 aromatic heterocycles. The molecule has 60 heavy (non-hydrogen) atoms. The molecule has 2 fully saturated rings. The van der Waals surface area contributed by atoms with Gasteiger partial charge in [0.2, 0.25) is 23.5 Å². The molecule has 3 unspecified atom stereocenters.